The molecular formula is C19H27N4O2+. The molecule has 1 aliphatic rings. The lowest BCUT2D eigenvalue weighted by molar-refractivity contribution is -0.892. The Balaban J connectivity index is 1.88. The van der Waals surface area contributed by atoms with Crippen LogP contribution in [0.15, 0.2) is 24.3 Å². The molecule has 0 saturated carbocycles. The Hall–Kier alpha value is -2.39. The zero-order valence-electron chi connectivity index (χ0n) is 15.5. The lowest BCUT2D eigenvalue weighted by atomic mass is 10.1. The van der Waals surface area contributed by atoms with Crippen LogP contribution in [0.1, 0.15) is 31.1 Å². The monoisotopic (exact) mass is 343 g/mol. The van der Waals surface area contributed by atoms with Crippen molar-refractivity contribution in [2.75, 3.05) is 44.7 Å². The standard InChI is InChI=1S/C19H26N4O2/c1-15(24)16-5-7-17(8-6-16)23-11-9-22(10-12-23)13-18(25)21(4)19(2,3)14-20/h5-8H,9-13H2,1-4H3/p+1. The number of piperazine rings is 1. The molecule has 25 heavy (non-hydrogen) atoms. The SMILES string of the molecule is CC(=O)c1ccc(N2CC[NH+](CC(=O)N(C)C(C)(C)C#N)CC2)cc1. The topological polar surface area (TPSA) is 68.9 Å². The van der Waals surface area contributed by atoms with Crippen LogP contribution in [-0.2, 0) is 4.79 Å². The molecular weight excluding hydrogens is 316 g/mol. The molecule has 6 heteroatoms. The number of Topliss-reactive ketones (excluding diaryl/α,β-unsaturated/α-hetero) is 1. The predicted octanol–water partition coefficient (Wildman–Crippen LogP) is 0.355. The molecule has 1 aliphatic heterocycles. The Bertz CT molecular complexity index is 668. The highest BCUT2D eigenvalue weighted by atomic mass is 16.2. The van der Waals surface area contributed by atoms with E-state index < -0.39 is 5.54 Å². The second-order valence-electron chi connectivity index (χ2n) is 7.14. The van der Waals surface area contributed by atoms with Gasteiger partial charge in [0.15, 0.2) is 12.3 Å². The number of hydrogen-bond donors (Lipinski definition) is 1. The Morgan fingerprint density at radius 3 is 2.28 bits per heavy atom. The van der Waals surface area contributed by atoms with Gasteiger partial charge in [-0.05, 0) is 45.0 Å². The number of carbonyl (C=O) groups excluding carboxylic acids is 2. The van der Waals surface area contributed by atoms with Crippen molar-refractivity contribution in [3.05, 3.63) is 29.8 Å². The third kappa shape index (κ3) is 4.58. The minimum atomic E-state index is -0.781. The fourth-order valence-electron chi connectivity index (χ4n) is 2.88. The van der Waals surface area contributed by atoms with Crippen LogP contribution >= 0.6 is 0 Å². The third-order valence-electron chi connectivity index (χ3n) is 5.00. The van der Waals surface area contributed by atoms with Crippen LogP contribution in [0, 0.1) is 11.3 Å². The summed E-state index contributed by atoms with van der Waals surface area (Å²) in [4.78, 5) is 28.8. The highest BCUT2D eigenvalue weighted by Gasteiger charge is 2.30. The van der Waals surface area contributed by atoms with E-state index >= 15 is 0 Å². The number of hydrogen-bond acceptors (Lipinski definition) is 4. The smallest absolute Gasteiger partial charge is 0.278 e. The van der Waals surface area contributed by atoms with E-state index in [0.717, 1.165) is 37.4 Å². The molecule has 1 fully saturated rings. The van der Waals surface area contributed by atoms with Crippen molar-refractivity contribution < 1.29 is 14.5 Å². The van der Waals surface area contributed by atoms with E-state index in [-0.39, 0.29) is 11.7 Å². The maximum absolute atomic E-state index is 12.4. The molecule has 1 aromatic carbocycles. The van der Waals surface area contributed by atoms with Crippen LogP contribution in [0.4, 0.5) is 5.69 Å². The van der Waals surface area contributed by atoms with E-state index in [2.05, 4.69) is 11.0 Å². The average molecular weight is 343 g/mol. The van der Waals surface area contributed by atoms with Gasteiger partial charge in [0.1, 0.15) is 5.54 Å². The van der Waals surface area contributed by atoms with Crippen molar-refractivity contribution in [2.45, 2.75) is 26.3 Å². The quantitative estimate of drug-likeness (QED) is 0.784. The molecule has 6 nitrogen and oxygen atoms in total. The van der Waals surface area contributed by atoms with Gasteiger partial charge in [-0.1, -0.05) is 0 Å². The number of ketones is 1. The highest BCUT2D eigenvalue weighted by molar-refractivity contribution is 5.94. The van der Waals surface area contributed by atoms with Crippen molar-refractivity contribution in [3.8, 4) is 6.07 Å². The summed E-state index contributed by atoms with van der Waals surface area (Å²) in [5.41, 5.74) is 1.05. The first-order valence-corrected chi connectivity index (χ1v) is 8.62. The first kappa shape index (κ1) is 18.9. The molecule has 1 amide bonds. The van der Waals surface area contributed by atoms with Crippen LogP contribution in [0.5, 0.6) is 0 Å². The van der Waals surface area contributed by atoms with Crippen LogP contribution < -0.4 is 9.80 Å². The normalized spacial score (nSPS) is 15.6. The third-order valence-corrected chi connectivity index (χ3v) is 5.00. The van der Waals surface area contributed by atoms with E-state index in [0.29, 0.717) is 6.54 Å². The van der Waals surface area contributed by atoms with Gasteiger partial charge in [-0.2, -0.15) is 5.26 Å². The van der Waals surface area contributed by atoms with Crippen molar-refractivity contribution in [2.24, 2.45) is 0 Å². The highest BCUT2D eigenvalue weighted by Crippen LogP contribution is 2.15. The summed E-state index contributed by atoms with van der Waals surface area (Å²) in [6.07, 6.45) is 0. The van der Waals surface area contributed by atoms with Gasteiger partial charge >= 0.3 is 0 Å². The number of rotatable bonds is 5. The number of nitriles is 1. The number of anilines is 1. The van der Waals surface area contributed by atoms with Crippen LogP contribution in [0.3, 0.4) is 0 Å². The van der Waals surface area contributed by atoms with E-state index in [1.807, 2.05) is 24.3 Å². The Morgan fingerprint density at radius 2 is 1.80 bits per heavy atom. The first-order chi connectivity index (χ1) is 11.7. The van der Waals surface area contributed by atoms with Gasteiger partial charge in [0, 0.05) is 18.3 Å². The maximum Gasteiger partial charge on any atom is 0.278 e. The molecule has 2 rings (SSSR count). The van der Waals surface area contributed by atoms with Gasteiger partial charge in [-0.15, -0.1) is 0 Å². The number of amides is 1. The molecule has 0 atom stereocenters. The molecule has 1 aromatic rings. The molecule has 0 spiro atoms. The summed E-state index contributed by atoms with van der Waals surface area (Å²) in [7, 11) is 1.69. The lowest BCUT2D eigenvalue weighted by Gasteiger charge is -2.35. The molecule has 0 unspecified atom stereocenters. The Kier molecular flexibility index (Phi) is 5.81. The van der Waals surface area contributed by atoms with E-state index in [9.17, 15) is 9.59 Å². The minimum absolute atomic E-state index is 0.000751. The maximum atomic E-state index is 12.4. The van der Waals surface area contributed by atoms with Gasteiger partial charge in [0.25, 0.3) is 5.91 Å². The summed E-state index contributed by atoms with van der Waals surface area (Å²) in [6.45, 7) is 8.98. The summed E-state index contributed by atoms with van der Waals surface area (Å²) in [5, 5.41) is 9.16. The number of nitrogens with zero attached hydrogens (tertiary/aromatic N) is 3. The fraction of sp³-hybridized carbons (Fsp3) is 0.526. The summed E-state index contributed by atoms with van der Waals surface area (Å²) < 4.78 is 0. The molecule has 1 saturated heterocycles. The molecule has 0 aromatic heterocycles. The van der Waals surface area contributed by atoms with E-state index in [1.165, 1.54) is 9.80 Å². The predicted molar refractivity (Wildman–Crippen MR) is 96.7 cm³/mol. The number of nitrogens with one attached hydrogen (secondary N) is 1. The Labute approximate surface area is 149 Å². The zero-order chi connectivity index (χ0) is 18.6. The van der Waals surface area contributed by atoms with Gasteiger partial charge in [-0.3, -0.25) is 9.59 Å². The van der Waals surface area contributed by atoms with Crippen molar-refractivity contribution >= 4 is 17.4 Å². The molecule has 0 radical (unpaired) electrons. The number of likely N-dealkylation sites (N-methyl/N-ethyl adjacent to an activating group) is 1. The largest absolute Gasteiger partial charge is 0.360 e. The molecule has 1 N–H and O–H groups in total. The molecule has 0 bridgehead atoms. The second-order valence-corrected chi connectivity index (χ2v) is 7.14. The zero-order valence-corrected chi connectivity index (χ0v) is 15.5. The van der Waals surface area contributed by atoms with Gasteiger partial charge in [-0.25, -0.2) is 0 Å². The van der Waals surface area contributed by atoms with Gasteiger partial charge in [0.05, 0.1) is 32.2 Å². The van der Waals surface area contributed by atoms with Crippen LogP contribution in [0.25, 0.3) is 0 Å². The average Bonchev–Trinajstić information content (AvgIpc) is 2.61. The van der Waals surface area contributed by atoms with Crippen LogP contribution in [-0.4, -0.2) is 61.9 Å². The van der Waals surface area contributed by atoms with Gasteiger partial charge in [0.2, 0.25) is 0 Å². The van der Waals surface area contributed by atoms with E-state index in [1.54, 1.807) is 27.8 Å². The van der Waals surface area contributed by atoms with Crippen molar-refractivity contribution in [1.29, 1.82) is 5.26 Å². The fourth-order valence-corrected chi connectivity index (χ4v) is 2.88. The van der Waals surface area contributed by atoms with E-state index in [4.69, 9.17) is 5.26 Å². The number of quaternary nitrogens is 1. The summed E-state index contributed by atoms with van der Waals surface area (Å²) in [6, 6.07) is 9.85. The second kappa shape index (κ2) is 7.66. The Morgan fingerprint density at radius 1 is 1.24 bits per heavy atom. The van der Waals surface area contributed by atoms with Crippen molar-refractivity contribution in [3.63, 3.8) is 0 Å². The molecule has 1 heterocycles. The van der Waals surface area contributed by atoms with Crippen LogP contribution in [0.2, 0.25) is 0 Å². The van der Waals surface area contributed by atoms with Gasteiger partial charge < -0.3 is 14.7 Å². The number of carbonyl (C=O) groups is 2. The minimum Gasteiger partial charge on any atom is -0.360 e. The summed E-state index contributed by atoms with van der Waals surface area (Å²) >= 11 is 0. The first-order valence-electron chi connectivity index (χ1n) is 8.62. The van der Waals surface area contributed by atoms with Crippen molar-refractivity contribution in [1.82, 2.24) is 4.90 Å². The lowest BCUT2D eigenvalue weighted by Crippen LogP contribution is -3.16. The molecule has 134 valence electrons. The molecule has 0 aliphatic carbocycles. The number of benzene rings is 1. The summed E-state index contributed by atoms with van der Waals surface area (Å²) in [5.74, 6) is 0.0737.